The first-order chi connectivity index (χ1) is 15.3. The van der Waals surface area contributed by atoms with Gasteiger partial charge in [-0.2, -0.15) is 0 Å². The smallest absolute Gasteiger partial charge is 0.263 e. The van der Waals surface area contributed by atoms with Crippen LogP contribution in [0.15, 0.2) is 77.7 Å². The van der Waals surface area contributed by atoms with Crippen LogP contribution in [0.4, 0.5) is 15.8 Å². The molecule has 0 bridgehead atoms. The number of piperazine rings is 1. The van der Waals surface area contributed by atoms with Gasteiger partial charge in [0.05, 0.1) is 5.02 Å². The maximum Gasteiger partial charge on any atom is 0.263 e. The van der Waals surface area contributed by atoms with Crippen molar-refractivity contribution in [2.24, 2.45) is 0 Å². The molecule has 1 N–H and O–H groups in total. The molecule has 166 valence electrons. The quantitative estimate of drug-likeness (QED) is 0.601. The van der Waals surface area contributed by atoms with Gasteiger partial charge >= 0.3 is 0 Å². The number of nitrogens with zero attached hydrogens (tertiary/aromatic N) is 2. The van der Waals surface area contributed by atoms with Gasteiger partial charge in [0.1, 0.15) is 10.7 Å². The average Bonchev–Trinajstić information content (AvgIpc) is 2.80. The summed E-state index contributed by atoms with van der Waals surface area (Å²) < 4.78 is 41.3. The Balaban J connectivity index is 1.48. The monoisotopic (exact) mass is 473 g/mol. The Kier molecular flexibility index (Phi) is 6.34. The van der Waals surface area contributed by atoms with Crippen LogP contribution in [0.1, 0.15) is 10.4 Å². The second-order valence-corrected chi connectivity index (χ2v) is 9.43. The number of para-hydroxylation sites is 1. The fourth-order valence-electron chi connectivity index (χ4n) is 3.56. The summed E-state index contributed by atoms with van der Waals surface area (Å²) in [5.74, 6) is -0.561. The van der Waals surface area contributed by atoms with Crippen LogP contribution >= 0.6 is 11.6 Å². The number of hydrogen-bond acceptors (Lipinski definition) is 4. The van der Waals surface area contributed by atoms with Gasteiger partial charge in [0.2, 0.25) is 0 Å². The molecule has 0 radical (unpaired) electrons. The molecule has 4 rings (SSSR count). The summed E-state index contributed by atoms with van der Waals surface area (Å²) >= 11 is 6.16. The first-order valence-electron chi connectivity index (χ1n) is 10.0. The molecule has 6 nitrogen and oxygen atoms in total. The molecule has 1 aliphatic rings. The minimum absolute atomic E-state index is 0.0334. The predicted octanol–water partition coefficient (Wildman–Crippen LogP) is 4.24. The fourth-order valence-corrected chi connectivity index (χ4v) is 5.15. The Morgan fingerprint density at radius 1 is 0.906 bits per heavy atom. The molecule has 0 unspecified atom stereocenters. The number of anilines is 2. The van der Waals surface area contributed by atoms with E-state index in [2.05, 4.69) is 9.62 Å². The lowest BCUT2D eigenvalue weighted by atomic mass is 10.1. The van der Waals surface area contributed by atoms with Crippen molar-refractivity contribution in [2.45, 2.75) is 4.90 Å². The van der Waals surface area contributed by atoms with E-state index in [0.29, 0.717) is 31.9 Å². The van der Waals surface area contributed by atoms with Gasteiger partial charge in [-0.1, -0.05) is 29.8 Å². The maximum atomic E-state index is 13.1. The third-order valence-electron chi connectivity index (χ3n) is 5.25. The molecule has 9 heteroatoms. The first-order valence-corrected chi connectivity index (χ1v) is 11.9. The molecule has 0 spiro atoms. The second kappa shape index (κ2) is 9.18. The van der Waals surface area contributed by atoms with Crippen molar-refractivity contribution >= 4 is 38.9 Å². The van der Waals surface area contributed by atoms with E-state index in [0.717, 1.165) is 5.69 Å². The van der Waals surface area contributed by atoms with Crippen LogP contribution < -0.4 is 9.62 Å². The molecule has 1 aliphatic heterocycles. The summed E-state index contributed by atoms with van der Waals surface area (Å²) in [6, 6.07) is 19.0. The molecule has 3 aromatic rings. The standard InChI is InChI=1S/C23H21ClFN3O3S/c24-21-11-6-17(16-22(21)32(30,31)26-19-4-2-1-3-5-19)23(29)28-14-12-27(13-15-28)20-9-7-18(25)8-10-20/h1-11,16,26H,12-15H2. The molecular weight excluding hydrogens is 453 g/mol. The van der Waals surface area contributed by atoms with Gasteiger partial charge in [0.15, 0.2) is 0 Å². The van der Waals surface area contributed by atoms with Crippen LogP contribution in [0.5, 0.6) is 0 Å². The van der Waals surface area contributed by atoms with Gasteiger partial charge in [0.25, 0.3) is 15.9 Å². The molecule has 1 amide bonds. The van der Waals surface area contributed by atoms with Crippen LogP contribution in [0.25, 0.3) is 0 Å². The van der Waals surface area contributed by atoms with Gasteiger partial charge < -0.3 is 9.80 Å². The topological polar surface area (TPSA) is 69.7 Å². The van der Waals surface area contributed by atoms with Crippen molar-refractivity contribution in [2.75, 3.05) is 35.8 Å². The summed E-state index contributed by atoms with van der Waals surface area (Å²) in [6.45, 7) is 2.10. The van der Waals surface area contributed by atoms with E-state index in [9.17, 15) is 17.6 Å². The number of nitrogens with one attached hydrogen (secondary N) is 1. The van der Waals surface area contributed by atoms with E-state index >= 15 is 0 Å². The molecule has 0 aromatic heterocycles. The molecule has 0 saturated carbocycles. The summed E-state index contributed by atoms with van der Waals surface area (Å²) in [5, 5.41) is 0.0334. The van der Waals surface area contributed by atoms with E-state index in [1.54, 1.807) is 47.4 Å². The molecule has 0 aliphatic carbocycles. The number of halogens is 2. The summed E-state index contributed by atoms with van der Waals surface area (Å²) in [5.41, 5.74) is 1.54. The van der Waals surface area contributed by atoms with Crippen LogP contribution in [0.2, 0.25) is 5.02 Å². The average molecular weight is 474 g/mol. The maximum absolute atomic E-state index is 13.1. The van der Waals surface area contributed by atoms with E-state index in [1.165, 1.54) is 30.3 Å². The highest BCUT2D eigenvalue weighted by Crippen LogP contribution is 2.26. The van der Waals surface area contributed by atoms with E-state index in [1.807, 2.05) is 0 Å². The van der Waals surface area contributed by atoms with Crippen LogP contribution in [0.3, 0.4) is 0 Å². The van der Waals surface area contributed by atoms with Crippen LogP contribution in [-0.4, -0.2) is 45.4 Å². The van der Waals surface area contributed by atoms with Crippen molar-refractivity contribution in [3.63, 3.8) is 0 Å². The molecule has 32 heavy (non-hydrogen) atoms. The second-order valence-electron chi connectivity index (χ2n) is 7.37. The normalized spacial score (nSPS) is 14.3. The van der Waals surface area contributed by atoms with E-state index in [4.69, 9.17) is 11.6 Å². The fraction of sp³-hybridized carbons (Fsp3) is 0.174. The highest BCUT2D eigenvalue weighted by Gasteiger charge is 2.25. The summed E-state index contributed by atoms with van der Waals surface area (Å²) in [4.78, 5) is 16.6. The zero-order valence-corrected chi connectivity index (χ0v) is 18.6. The molecule has 1 fully saturated rings. The zero-order chi connectivity index (χ0) is 22.7. The van der Waals surface area contributed by atoms with Crippen molar-refractivity contribution in [1.82, 2.24) is 4.90 Å². The SMILES string of the molecule is O=C(c1ccc(Cl)c(S(=O)(=O)Nc2ccccc2)c1)N1CCN(c2ccc(F)cc2)CC1. The van der Waals surface area contributed by atoms with Crippen molar-refractivity contribution in [1.29, 1.82) is 0 Å². The predicted molar refractivity (Wildman–Crippen MR) is 123 cm³/mol. The van der Waals surface area contributed by atoms with Crippen LogP contribution in [-0.2, 0) is 10.0 Å². The lowest BCUT2D eigenvalue weighted by Crippen LogP contribution is -2.48. The molecule has 0 atom stereocenters. The van der Waals surface area contributed by atoms with Gasteiger partial charge in [-0.15, -0.1) is 0 Å². The van der Waals surface area contributed by atoms with E-state index in [-0.39, 0.29) is 27.2 Å². The lowest BCUT2D eigenvalue weighted by molar-refractivity contribution is 0.0746. The summed E-state index contributed by atoms with van der Waals surface area (Å²) in [7, 11) is -3.97. The van der Waals surface area contributed by atoms with Crippen molar-refractivity contribution in [3.05, 3.63) is 89.2 Å². The number of rotatable bonds is 5. The van der Waals surface area contributed by atoms with Crippen LogP contribution in [0, 0.1) is 5.82 Å². The molecular formula is C23H21ClFN3O3S. The molecule has 1 heterocycles. The minimum Gasteiger partial charge on any atom is -0.368 e. The number of carbonyl (C=O) groups is 1. The molecule has 1 saturated heterocycles. The van der Waals surface area contributed by atoms with E-state index < -0.39 is 10.0 Å². The number of amides is 1. The van der Waals surface area contributed by atoms with Gasteiger partial charge in [0, 0.05) is 43.1 Å². The third-order valence-corrected chi connectivity index (χ3v) is 7.12. The number of hydrogen-bond donors (Lipinski definition) is 1. The van der Waals surface area contributed by atoms with Crippen molar-refractivity contribution in [3.8, 4) is 0 Å². The number of sulfonamides is 1. The third kappa shape index (κ3) is 4.87. The first kappa shape index (κ1) is 22.1. The Labute approximate surface area is 191 Å². The number of carbonyl (C=O) groups excluding carboxylic acids is 1. The highest BCUT2D eigenvalue weighted by atomic mass is 35.5. The zero-order valence-electron chi connectivity index (χ0n) is 17.0. The van der Waals surface area contributed by atoms with Gasteiger partial charge in [-0.3, -0.25) is 9.52 Å². The van der Waals surface area contributed by atoms with Gasteiger partial charge in [-0.25, -0.2) is 12.8 Å². The van der Waals surface area contributed by atoms with Gasteiger partial charge in [-0.05, 0) is 54.6 Å². The Bertz CT molecular complexity index is 1210. The number of benzene rings is 3. The Morgan fingerprint density at radius 2 is 1.56 bits per heavy atom. The summed E-state index contributed by atoms with van der Waals surface area (Å²) in [6.07, 6.45) is 0. The van der Waals surface area contributed by atoms with Crippen molar-refractivity contribution < 1.29 is 17.6 Å². The Hall–Kier alpha value is -3.10. The lowest BCUT2D eigenvalue weighted by Gasteiger charge is -2.36. The Morgan fingerprint density at radius 3 is 2.22 bits per heavy atom. The largest absolute Gasteiger partial charge is 0.368 e. The molecule has 3 aromatic carbocycles. The highest BCUT2D eigenvalue weighted by molar-refractivity contribution is 7.92. The minimum atomic E-state index is -3.97.